The largest absolute Gasteiger partial charge is 0.465 e. The van der Waals surface area contributed by atoms with E-state index in [1.165, 1.54) is 35.7 Å². The number of esters is 1. The average molecular weight is 370 g/mol. The van der Waals surface area contributed by atoms with Crippen LogP contribution in [-0.4, -0.2) is 59.5 Å². The molecule has 8 nitrogen and oxygen atoms in total. The minimum atomic E-state index is -3.54. The number of hydrogen-bond donors (Lipinski definition) is 1. The highest BCUT2D eigenvalue weighted by Crippen LogP contribution is 2.18. The molecule has 0 aromatic heterocycles. The molecule has 25 heavy (non-hydrogen) atoms. The molecule has 1 heterocycles. The monoisotopic (exact) mass is 370 g/mol. The van der Waals surface area contributed by atoms with Gasteiger partial charge in [-0.1, -0.05) is 0 Å². The first kappa shape index (κ1) is 19.2. The summed E-state index contributed by atoms with van der Waals surface area (Å²) in [6, 6.07) is 6.03. The van der Waals surface area contributed by atoms with Crippen molar-refractivity contribution in [1.29, 1.82) is 0 Å². The number of carbonyl (C=O) groups is 2. The lowest BCUT2D eigenvalue weighted by molar-refractivity contribution is -0.129. The normalized spacial score (nSPS) is 17.1. The van der Waals surface area contributed by atoms with Gasteiger partial charge in [-0.3, -0.25) is 9.10 Å². The van der Waals surface area contributed by atoms with Gasteiger partial charge in [-0.2, -0.15) is 0 Å². The predicted octanol–water partition coefficient (Wildman–Crippen LogP) is 0.534. The Morgan fingerprint density at radius 2 is 2.00 bits per heavy atom. The zero-order valence-electron chi connectivity index (χ0n) is 14.2. The maximum atomic E-state index is 12.0. The number of anilines is 1. The summed E-state index contributed by atoms with van der Waals surface area (Å²) >= 11 is 0. The van der Waals surface area contributed by atoms with Crippen LogP contribution in [0.25, 0.3) is 0 Å². The number of nitrogens with zero attached hydrogens (tertiary/aromatic N) is 1. The Morgan fingerprint density at radius 1 is 1.32 bits per heavy atom. The maximum absolute atomic E-state index is 12.0. The Labute approximate surface area is 147 Å². The Hall–Kier alpha value is -2.13. The maximum Gasteiger partial charge on any atom is 0.337 e. The molecule has 1 aromatic rings. The van der Waals surface area contributed by atoms with Crippen molar-refractivity contribution in [2.75, 3.05) is 37.4 Å². The lowest BCUT2D eigenvalue weighted by Crippen LogP contribution is -2.41. The molecule has 0 saturated carbocycles. The van der Waals surface area contributed by atoms with Crippen LogP contribution in [-0.2, 0) is 24.3 Å². The number of benzene rings is 1. The summed E-state index contributed by atoms with van der Waals surface area (Å²) in [7, 11) is -2.27. The van der Waals surface area contributed by atoms with E-state index in [1.807, 2.05) is 0 Å². The van der Waals surface area contributed by atoms with Crippen molar-refractivity contribution in [3.05, 3.63) is 29.8 Å². The van der Waals surface area contributed by atoms with Crippen molar-refractivity contribution in [2.24, 2.45) is 0 Å². The zero-order chi connectivity index (χ0) is 18.4. The van der Waals surface area contributed by atoms with E-state index >= 15 is 0 Å². The van der Waals surface area contributed by atoms with Gasteiger partial charge in [0.2, 0.25) is 15.9 Å². The van der Waals surface area contributed by atoms with Crippen LogP contribution < -0.4 is 9.62 Å². The highest BCUT2D eigenvalue weighted by atomic mass is 32.2. The third-order valence-corrected chi connectivity index (χ3v) is 5.01. The second-order valence-corrected chi connectivity index (χ2v) is 7.57. The summed E-state index contributed by atoms with van der Waals surface area (Å²) in [6.07, 6.45) is 2.16. The van der Waals surface area contributed by atoms with Gasteiger partial charge in [-0.25, -0.2) is 13.2 Å². The molecule has 0 spiro atoms. The van der Waals surface area contributed by atoms with E-state index in [-0.39, 0.29) is 19.0 Å². The number of methoxy groups -OCH3 is 1. The first-order valence-corrected chi connectivity index (χ1v) is 9.73. The molecule has 1 amide bonds. The van der Waals surface area contributed by atoms with Crippen molar-refractivity contribution in [3.8, 4) is 0 Å². The number of sulfonamides is 1. The SMILES string of the molecule is COC(=O)c1ccc(N(CCNC(=O)C2CCCO2)S(C)(=O)=O)cc1. The Balaban J connectivity index is 2.01. The third kappa shape index (κ3) is 5.17. The lowest BCUT2D eigenvalue weighted by atomic mass is 10.2. The molecule has 1 saturated heterocycles. The molecule has 1 aliphatic rings. The van der Waals surface area contributed by atoms with Crippen molar-refractivity contribution in [1.82, 2.24) is 5.32 Å². The Bertz CT molecular complexity index is 711. The van der Waals surface area contributed by atoms with Crippen molar-refractivity contribution < 1.29 is 27.5 Å². The van der Waals surface area contributed by atoms with E-state index in [0.717, 1.165) is 12.7 Å². The molecule has 1 unspecified atom stereocenters. The molecule has 0 radical (unpaired) electrons. The Kier molecular flexibility index (Phi) is 6.38. The van der Waals surface area contributed by atoms with Gasteiger partial charge in [0.25, 0.3) is 0 Å². The first-order chi connectivity index (χ1) is 11.8. The summed E-state index contributed by atoms with van der Waals surface area (Å²) in [4.78, 5) is 23.4. The highest BCUT2D eigenvalue weighted by Gasteiger charge is 2.24. The summed E-state index contributed by atoms with van der Waals surface area (Å²) in [6.45, 7) is 0.805. The number of hydrogen-bond acceptors (Lipinski definition) is 6. The number of amides is 1. The molecule has 1 aliphatic heterocycles. The molecule has 0 aliphatic carbocycles. The number of carbonyl (C=O) groups excluding carboxylic acids is 2. The Morgan fingerprint density at radius 3 is 2.52 bits per heavy atom. The molecular weight excluding hydrogens is 348 g/mol. The van der Waals surface area contributed by atoms with Gasteiger partial charge in [0.15, 0.2) is 0 Å². The average Bonchev–Trinajstić information content (AvgIpc) is 3.11. The van der Waals surface area contributed by atoms with Crippen LogP contribution in [0.1, 0.15) is 23.2 Å². The highest BCUT2D eigenvalue weighted by molar-refractivity contribution is 7.92. The minimum Gasteiger partial charge on any atom is -0.465 e. The summed E-state index contributed by atoms with van der Waals surface area (Å²) in [5.74, 6) is -0.728. The molecule has 1 N–H and O–H groups in total. The third-order valence-electron chi connectivity index (χ3n) is 3.81. The smallest absolute Gasteiger partial charge is 0.337 e. The van der Waals surface area contributed by atoms with Gasteiger partial charge in [0, 0.05) is 13.2 Å². The van der Waals surface area contributed by atoms with E-state index in [4.69, 9.17) is 4.74 Å². The fourth-order valence-corrected chi connectivity index (χ4v) is 3.47. The van der Waals surface area contributed by atoms with Gasteiger partial charge in [0.1, 0.15) is 6.10 Å². The fraction of sp³-hybridized carbons (Fsp3) is 0.500. The van der Waals surface area contributed by atoms with Crippen LogP contribution in [0.5, 0.6) is 0 Å². The summed E-state index contributed by atoms with van der Waals surface area (Å²) < 4.78 is 35.1. The summed E-state index contributed by atoms with van der Waals surface area (Å²) in [5.41, 5.74) is 0.730. The van der Waals surface area contributed by atoms with E-state index in [9.17, 15) is 18.0 Å². The van der Waals surface area contributed by atoms with Gasteiger partial charge >= 0.3 is 5.97 Å². The molecule has 9 heteroatoms. The van der Waals surface area contributed by atoms with Crippen LogP contribution in [0.4, 0.5) is 5.69 Å². The van der Waals surface area contributed by atoms with E-state index < -0.39 is 22.1 Å². The van der Waals surface area contributed by atoms with E-state index in [1.54, 1.807) is 0 Å². The minimum absolute atomic E-state index is 0.0782. The van der Waals surface area contributed by atoms with Crippen LogP contribution in [0.15, 0.2) is 24.3 Å². The van der Waals surface area contributed by atoms with Crippen LogP contribution >= 0.6 is 0 Å². The molecule has 1 fully saturated rings. The number of nitrogens with one attached hydrogen (secondary N) is 1. The first-order valence-electron chi connectivity index (χ1n) is 7.88. The van der Waals surface area contributed by atoms with Crippen molar-refractivity contribution in [2.45, 2.75) is 18.9 Å². The van der Waals surface area contributed by atoms with Crippen LogP contribution in [0, 0.1) is 0 Å². The van der Waals surface area contributed by atoms with Gasteiger partial charge < -0.3 is 14.8 Å². The standard InChI is InChI=1S/C16H22N2O6S/c1-23-16(20)12-5-7-13(8-6-12)18(25(2,21)22)10-9-17-15(19)14-4-3-11-24-14/h5-8,14H,3-4,9-11H2,1-2H3,(H,17,19). The van der Waals surface area contributed by atoms with Gasteiger partial charge in [-0.15, -0.1) is 0 Å². The van der Waals surface area contributed by atoms with Crippen molar-refractivity contribution in [3.63, 3.8) is 0 Å². The number of rotatable bonds is 7. The molecule has 1 atom stereocenters. The van der Waals surface area contributed by atoms with Crippen LogP contribution in [0.2, 0.25) is 0 Å². The summed E-state index contributed by atoms with van der Waals surface area (Å²) in [5, 5.41) is 2.69. The lowest BCUT2D eigenvalue weighted by Gasteiger charge is -2.23. The molecule has 1 aromatic carbocycles. The van der Waals surface area contributed by atoms with Gasteiger partial charge in [-0.05, 0) is 37.1 Å². The quantitative estimate of drug-likeness (QED) is 0.703. The molecule has 138 valence electrons. The second kappa shape index (κ2) is 8.30. The van der Waals surface area contributed by atoms with Gasteiger partial charge in [0.05, 0.1) is 31.2 Å². The van der Waals surface area contributed by atoms with E-state index in [2.05, 4.69) is 10.1 Å². The molecule has 0 bridgehead atoms. The zero-order valence-corrected chi connectivity index (χ0v) is 15.0. The van der Waals surface area contributed by atoms with Crippen molar-refractivity contribution >= 4 is 27.6 Å². The number of ether oxygens (including phenoxy) is 2. The molecule has 2 rings (SSSR count). The predicted molar refractivity (Wildman–Crippen MR) is 92.0 cm³/mol. The fourth-order valence-electron chi connectivity index (χ4n) is 2.55. The van der Waals surface area contributed by atoms with E-state index in [0.29, 0.717) is 24.3 Å². The van der Waals surface area contributed by atoms with Crippen LogP contribution in [0.3, 0.4) is 0 Å². The molecular formula is C16H22N2O6S. The topological polar surface area (TPSA) is 102 Å². The second-order valence-electron chi connectivity index (χ2n) is 5.67.